The molecule has 0 spiro atoms. The van der Waals surface area contributed by atoms with Gasteiger partial charge in [-0.25, -0.2) is 4.39 Å². The molecule has 0 N–H and O–H groups in total. The zero-order valence-corrected chi connectivity index (χ0v) is 14.3. The summed E-state index contributed by atoms with van der Waals surface area (Å²) in [4.78, 5) is 6.01. The zero-order valence-electron chi connectivity index (χ0n) is 14.3. The van der Waals surface area contributed by atoms with Crippen molar-refractivity contribution in [1.82, 2.24) is 19.6 Å². The summed E-state index contributed by atoms with van der Waals surface area (Å²) in [5.41, 5.74) is 0.704. The summed E-state index contributed by atoms with van der Waals surface area (Å²) in [6.45, 7) is 1.75. The predicted molar refractivity (Wildman–Crippen MR) is 92.5 cm³/mol. The smallest absolute Gasteiger partial charge is 0.329 e. The minimum atomic E-state index is -4.48. The van der Waals surface area contributed by atoms with Gasteiger partial charge in [0, 0.05) is 18.1 Å². The van der Waals surface area contributed by atoms with Gasteiger partial charge in [0.2, 0.25) is 0 Å². The number of rotatable bonds is 2. The van der Waals surface area contributed by atoms with Crippen LogP contribution in [-0.4, -0.2) is 26.6 Å². The van der Waals surface area contributed by atoms with E-state index in [1.165, 1.54) is 28.9 Å². The Balaban J connectivity index is 1.99. The van der Waals surface area contributed by atoms with E-state index in [9.17, 15) is 17.6 Å². The molecule has 0 aliphatic carbocycles. The van der Waals surface area contributed by atoms with Crippen LogP contribution in [0.25, 0.3) is 16.7 Å². The van der Waals surface area contributed by atoms with E-state index in [0.29, 0.717) is 22.5 Å². The van der Waals surface area contributed by atoms with Crippen LogP contribution < -0.4 is 4.90 Å². The molecule has 4 rings (SSSR count). The maximum absolute atomic E-state index is 13.8. The van der Waals surface area contributed by atoms with Crippen molar-refractivity contribution in [1.29, 1.82) is 0 Å². The van der Waals surface area contributed by atoms with E-state index in [1.54, 1.807) is 24.9 Å². The third kappa shape index (κ3) is 2.94. The number of benzene rings is 2. The zero-order chi connectivity index (χ0) is 19.3. The van der Waals surface area contributed by atoms with Gasteiger partial charge in [0.05, 0.1) is 11.1 Å². The van der Waals surface area contributed by atoms with Gasteiger partial charge in [0.1, 0.15) is 18.0 Å². The summed E-state index contributed by atoms with van der Waals surface area (Å²) in [5.74, 6) is 0.0880. The summed E-state index contributed by atoms with van der Waals surface area (Å²) in [6, 6.07) is 7.85. The van der Waals surface area contributed by atoms with Crippen molar-refractivity contribution in [3.05, 3.63) is 59.7 Å². The van der Waals surface area contributed by atoms with Gasteiger partial charge < -0.3 is 4.90 Å². The molecule has 138 valence electrons. The van der Waals surface area contributed by atoms with E-state index < -0.39 is 17.6 Å². The molecule has 0 saturated heterocycles. The first-order valence-corrected chi connectivity index (χ1v) is 7.95. The molecule has 0 aliphatic heterocycles. The fourth-order valence-electron chi connectivity index (χ4n) is 3.02. The Morgan fingerprint density at radius 1 is 1.07 bits per heavy atom. The third-order valence-electron chi connectivity index (χ3n) is 4.29. The van der Waals surface area contributed by atoms with Crippen LogP contribution in [0.15, 0.2) is 42.7 Å². The summed E-state index contributed by atoms with van der Waals surface area (Å²) < 4.78 is 54.6. The monoisotopic (exact) mass is 375 g/mol. The first-order valence-electron chi connectivity index (χ1n) is 7.95. The molecule has 0 saturated carbocycles. The molecule has 0 radical (unpaired) electrons. The van der Waals surface area contributed by atoms with Crippen LogP contribution in [0.1, 0.15) is 11.1 Å². The van der Waals surface area contributed by atoms with Crippen LogP contribution in [0, 0.1) is 12.7 Å². The highest BCUT2D eigenvalue weighted by Crippen LogP contribution is 2.35. The van der Waals surface area contributed by atoms with Crippen LogP contribution in [0.3, 0.4) is 0 Å². The van der Waals surface area contributed by atoms with E-state index >= 15 is 0 Å². The van der Waals surface area contributed by atoms with Crippen LogP contribution >= 0.6 is 0 Å². The third-order valence-corrected chi connectivity index (χ3v) is 4.29. The Morgan fingerprint density at radius 2 is 1.85 bits per heavy atom. The molecular formula is C18H13F4N5. The van der Waals surface area contributed by atoms with Gasteiger partial charge in [-0.1, -0.05) is 0 Å². The van der Waals surface area contributed by atoms with Crippen LogP contribution in [0.4, 0.5) is 29.1 Å². The topological polar surface area (TPSA) is 46.3 Å². The van der Waals surface area contributed by atoms with E-state index in [2.05, 4.69) is 15.2 Å². The molecule has 2 heterocycles. The number of nitrogens with zero attached hydrogens (tertiary/aromatic N) is 5. The normalized spacial score (nSPS) is 12.1. The molecule has 0 bridgehead atoms. The Morgan fingerprint density at radius 3 is 2.56 bits per heavy atom. The number of anilines is 2. The number of alkyl halides is 3. The number of aryl methyl sites for hydroxylation is 1. The lowest BCUT2D eigenvalue weighted by Gasteiger charge is -2.21. The molecule has 9 heteroatoms. The summed E-state index contributed by atoms with van der Waals surface area (Å²) in [6.07, 6.45) is -3.18. The second-order valence-electron chi connectivity index (χ2n) is 6.21. The Hall–Kier alpha value is -3.23. The number of hydrogen-bond acceptors (Lipinski definition) is 4. The summed E-state index contributed by atoms with van der Waals surface area (Å²) in [5, 5.41) is 8.05. The van der Waals surface area contributed by atoms with Crippen molar-refractivity contribution < 1.29 is 17.6 Å². The largest absolute Gasteiger partial charge is 0.416 e. The maximum Gasteiger partial charge on any atom is 0.416 e. The lowest BCUT2D eigenvalue weighted by atomic mass is 10.1. The Labute approximate surface area is 150 Å². The average molecular weight is 375 g/mol. The number of hydrogen-bond donors (Lipinski definition) is 0. The lowest BCUT2D eigenvalue weighted by Crippen LogP contribution is -2.14. The molecule has 0 unspecified atom stereocenters. The second kappa shape index (κ2) is 5.90. The van der Waals surface area contributed by atoms with Gasteiger partial charge in [0.25, 0.3) is 5.78 Å². The highest BCUT2D eigenvalue weighted by molar-refractivity contribution is 5.93. The maximum atomic E-state index is 13.8. The number of aromatic nitrogens is 4. The highest BCUT2D eigenvalue weighted by atomic mass is 19.4. The molecule has 0 fully saturated rings. The first-order chi connectivity index (χ1) is 12.7. The lowest BCUT2D eigenvalue weighted by molar-refractivity contribution is -0.137. The van der Waals surface area contributed by atoms with E-state index in [-0.39, 0.29) is 11.3 Å². The van der Waals surface area contributed by atoms with Gasteiger partial charge in [-0.05, 0) is 48.9 Å². The molecular weight excluding hydrogens is 362 g/mol. The van der Waals surface area contributed by atoms with Crippen molar-refractivity contribution in [2.45, 2.75) is 13.1 Å². The van der Waals surface area contributed by atoms with Crippen molar-refractivity contribution in [2.75, 3.05) is 11.9 Å². The second-order valence-corrected chi connectivity index (χ2v) is 6.21. The van der Waals surface area contributed by atoms with Crippen molar-refractivity contribution >= 4 is 28.2 Å². The standard InChI is InChI=1S/C18H13F4N5/c1-10-5-12(19)8-13(6-10)26(2)16-14-4-3-11(18(20,21)22)7-15(14)27-9-23-25-17(27)24-16/h3-9H,1-2H3. The molecule has 0 atom stereocenters. The minimum Gasteiger partial charge on any atom is -0.329 e. The molecule has 5 nitrogen and oxygen atoms in total. The number of halogens is 4. The molecule has 0 aliphatic rings. The van der Waals surface area contributed by atoms with Crippen LogP contribution in [-0.2, 0) is 6.18 Å². The Kier molecular flexibility index (Phi) is 3.76. The van der Waals surface area contributed by atoms with Crippen LogP contribution in [0.2, 0.25) is 0 Å². The van der Waals surface area contributed by atoms with Gasteiger partial charge in [0.15, 0.2) is 0 Å². The number of fused-ring (bicyclic) bond motifs is 3. The van der Waals surface area contributed by atoms with Crippen molar-refractivity contribution in [3.8, 4) is 0 Å². The van der Waals surface area contributed by atoms with Gasteiger partial charge in [-0.2, -0.15) is 18.2 Å². The summed E-state index contributed by atoms with van der Waals surface area (Å²) in [7, 11) is 1.67. The van der Waals surface area contributed by atoms with E-state index in [4.69, 9.17) is 0 Å². The van der Waals surface area contributed by atoms with Crippen LogP contribution in [0.5, 0.6) is 0 Å². The minimum absolute atomic E-state index is 0.150. The van der Waals surface area contributed by atoms with Crippen molar-refractivity contribution in [2.24, 2.45) is 0 Å². The predicted octanol–water partition coefficient (Wildman–Crippen LogP) is 4.51. The van der Waals surface area contributed by atoms with E-state index in [1.807, 2.05) is 0 Å². The van der Waals surface area contributed by atoms with Gasteiger partial charge >= 0.3 is 6.18 Å². The molecule has 2 aromatic carbocycles. The first kappa shape index (κ1) is 17.2. The summed E-state index contributed by atoms with van der Waals surface area (Å²) >= 11 is 0. The van der Waals surface area contributed by atoms with E-state index in [0.717, 1.165) is 12.1 Å². The van der Waals surface area contributed by atoms with Gasteiger partial charge in [-0.3, -0.25) is 4.40 Å². The Bertz CT molecular complexity index is 1150. The van der Waals surface area contributed by atoms with Crippen molar-refractivity contribution in [3.63, 3.8) is 0 Å². The molecule has 0 amide bonds. The van der Waals surface area contributed by atoms with Gasteiger partial charge in [-0.15, -0.1) is 10.2 Å². The fourth-order valence-corrected chi connectivity index (χ4v) is 3.02. The highest BCUT2D eigenvalue weighted by Gasteiger charge is 2.31. The molecule has 2 aromatic heterocycles. The fraction of sp³-hybridized carbons (Fsp3) is 0.167. The molecule has 27 heavy (non-hydrogen) atoms. The molecule has 4 aromatic rings. The average Bonchev–Trinajstić information content (AvgIpc) is 3.07. The SMILES string of the molecule is Cc1cc(F)cc(N(C)c2nc3nncn3c3cc(C(F)(F)F)ccc23)c1. The quantitative estimate of drug-likeness (QED) is 0.484.